The average Bonchev–Trinajstić information content (AvgIpc) is 2.84. The van der Waals surface area contributed by atoms with Crippen molar-refractivity contribution in [1.82, 2.24) is 0 Å². The molecule has 1 aromatic rings. The molecule has 0 aliphatic carbocycles. The number of amides is 1. The quantitative estimate of drug-likeness (QED) is 0.802. The van der Waals surface area contributed by atoms with Gasteiger partial charge in [-0.15, -0.1) is 0 Å². The largest absolute Gasteiger partial charge is 0.471 e. The number of nitrogen functional groups attached to an aromatic ring is 1. The van der Waals surface area contributed by atoms with E-state index in [0.29, 0.717) is 23.1 Å². The van der Waals surface area contributed by atoms with E-state index in [1.165, 1.54) is 6.07 Å². The van der Waals surface area contributed by atoms with Crippen LogP contribution in [0.5, 0.6) is 0 Å². The highest BCUT2D eigenvalue weighted by molar-refractivity contribution is 9.10. The summed E-state index contributed by atoms with van der Waals surface area (Å²) in [6.45, 7) is 0.531. The minimum atomic E-state index is -4.96. The number of alkyl halides is 3. The number of carbonyl (C=O) groups excluding carboxylic acids is 1. The van der Waals surface area contributed by atoms with E-state index >= 15 is 0 Å². The summed E-state index contributed by atoms with van der Waals surface area (Å²) in [5, 5.41) is 1.83. The fourth-order valence-electron chi connectivity index (χ4n) is 2.06. The smallest absolute Gasteiger partial charge is 0.397 e. The zero-order valence-electron chi connectivity index (χ0n) is 10.3. The first-order valence-electron chi connectivity index (χ1n) is 5.87. The molecular weight excluding hydrogens is 341 g/mol. The van der Waals surface area contributed by atoms with Crippen LogP contribution in [-0.4, -0.2) is 18.7 Å². The summed E-state index contributed by atoms with van der Waals surface area (Å²) in [6, 6.07) is 3.04. The maximum absolute atomic E-state index is 12.4. The standard InChI is InChI=1S/C12H12BrF3N2O2/c13-6-4-7(9-2-1-3-20-9)10(8(17)5-6)18-11(19)12(14,15)16/h4-5,9H,1-3,17H2,(H,18,19). The van der Waals surface area contributed by atoms with Crippen molar-refractivity contribution in [2.75, 3.05) is 17.7 Å². The van der Waals surface area contributed by atoms with Crippen LogP contribution in [-0.2, 0) is 9.53 Å². The third-order valence-electron chi connectivity index (χ3n) is 2.94. The highest BCUT2D eigenvalue weighted by Gasteiger charge is 2.39. The van der Waals surface area contributed by atoms with Gasteiger partial charge in [-0.1, -0.05) is 15.9 Å². The molecule has 1 aromatic carbocycles. The Morgan fingerprint density at radius 1 is 1.45 bits per heavy atom. The lowest BCUT2D eigenvalue weighted by atomic mass is 10.0. The summed E-state index contributed by atoms with van der Waals surface area (Å²) in [6.07, 6.45) is -3.85. The van der Waals surface area contributed by atoms with Gasteiger partial charge >= 0.3 is 12.1 Å². The molecule has 1 unspecified atom stereocenters. The predicted molar refractivity (Wildman–Crippen MR) is 71.2 cm³/mol. The Bertz CT molecular complexity index is 528. The molecule has 1 amide bonds. The number of nitrogens with two attached hydrogens (primary N) is 1. The normalized spacial score (nSPS) is 19.1. The zero-order chi connectivity index (χ0) is 14.9. The second-order valence-corrected chi connectivity index (χ2v) is 5.33. The van der Waals surface area contributed by atoms with Crippen LogP contribution in [0.15, 0.2) is 16.6 Å². The first kappa shape index (κ1) is 15.1. The third kappa shape index (κ3) is 3.24. The summed E-state index contributed by atoms with van der Waals surface area (Å²) >= 11 is 3.23. The van der Waals surface area contributed by atoms with Crippen LogP contribution in [0.4, 0.5) is 24.5 Å². The molecular formula is C12H12BrF3N2O2. The van der Waals surface area contributed by atoms with Crippen molar-refractivity contribution in [3.05, 3.63) is 22.2 Å². The summed E-state index contributed by atoms with van der Waals surface area (Å²) in [5.74, 6) is -2.05. The minimum Gasteiger partial charge on any atom is -0.397 e. The molecule has 1 fully saturated rings. The molecule has 0 radical (unpaired) electrons. The number of anilines is 2. The topological polar surface area (TPSA) is 64.3 Å². The summed E-state index contributed by atoms with van der Waals surface area (Å²) in [4.78, 5) is 11.1. The maximum Gasteiger partial charge on any atom is 0.471 e. The molecule has 1 saturated heterocycles. The van der Waals surface area contributed by atoms with Crippen molar-refractivity contribution < 1.29 is 22.7 Å². The second-order valence-electron chi connectivity index (χ2n) is 4.41. The Balaban J connectivity index is 2.37. The third-order valence-corrected chi connectivity index (χ3v) is 3.39. The van der Waals surface area contributed by atoms with Gasteiger partial charge in [0.15, 0.2) is 0 Å². The van der Waals surface area contributed by atoms with E-state index in [1.54, 1.807) is 6.07 Å². The molecule has 1 aliphatic heterocycles. The van der Waals surface area contributed by atoms with Gasteiger partial charge in [-0.05, 0) is 25.0 Å². The first-order chi connectivity index (χ1) is 9.29. The van der Waals surface area contributed by atoms with Gasteiger partial charge in [0.1, 0.15) is 0 Å². The van der Waals surface area contributed by atoms with Gasteiger partial charge in [0.25, 0.3) is 0 Å². The van der Waals surface area contributed by atoms with E-state index in [4.69, 9.17) is 10.5 Å². The Morgan fingerprint density at radius 2 is 2.15 bits per heavy atom. The summed E-state index contributed by atoms with van der Waals surface area (Å²) < 4.78 is 43.1. The van der Waals surface area contributed by atoms with Gasteiger partial charge in [0.2, 0.25) is 0 Å². The number of benzene rings is 1. The highest BCUT2D eigenvalue weighted by Crippen LogP contribution is 2.39. The Kier molecular flexibility index (Phi) is 4.24. The van der Waals surface area contributed by atoms with E-state index in [9.17, 15) is 18.0 Å². The van der Waals surface area contributed by atoms with Gasteiger partial charge in [0, 0.05) is 16.6 Å². The highest BCUT2D eigenvalue weighted by atomic mass is 79.9. The van der Waals surface area contributed by atoms with Gasteiger partial charge in [-0.2, -0.15) is 13.2 Å². The van der Waals surface area contributed by atoms with Crippen molar-refractivity contribution in [1.29, 1.82) is 0 Å². The second kappa shape index (κ2) is 5.61. The van der Waals surface area contributed by atoms with Gasteiger partial charge < -0.3 is 15.8 Å². The molecule has 20 heavy (non-hydrogen) atoms. The van der Waals surface area contributed by atoms with Crippen LogP contribution in [0.3, 0.4) is 0 Å². The van der Waals surface area contributed by atoms with Crippen LogP contribution in [0.1, 0.15) is 24.5 Å². The molecule has 1 aliphatic rings. The van der Waals surface area contributed by atoms with E-state index in [1.807, 2.05) is 5.32 Å². The number of carbonyl (C=O) groups is 1. The molecule has 0 bridgehead atoms. The van der Waals surface area contributed by atoms with Crippen molar-refractivity contribution in [2.45, 2.75) is 25.1 Å². The van der Waals surface area contributed by atoms with E-state index in [-0.39, 0.29) is 17.5 Å². The number of hydrogen-bond donors (Lipinski definition) is 2. The van der Waals surface area contributed by atoms with Crippen molar-refractivity contribution in [2.24, 2.45) is 0 Å². The fraction of sp³-hybridized carbons (Fsp3) is 0.417. The molecule has 3 N–H and O–H groups in total. The molecule has 0 aromatic heterocycles. The van der Waals surface area contributed by atoms with E-state index in [2.05, 4.69) is 15.9 Å². The van der Waals surface area contributed by atoms with Gasteiger partial charge in [-0.3, -0.25) is 4.79 Å². The van der Waals surface area contributed by atoms with Gasteiger partial charge in [-0.25, -0.2) is 0 Å². The molecule has 2 rings (SSSR count). The Morgan fingerprint density at radius 3 is 2.70 bits per heavy atom. The molecule has 4 nitrogen and oxygen atoms in total. The van der Waals surface area contributed by atoms with E-state index < -0.39 is 12.1 Å². The molecule has 110 valence electrons. The van der Waals surface area contributed by atoms with Crippen LogP contribution in [0.25, 0.3) is 0 Å². The van der Waals surface area contributed by atoms with Crippen LogP contribution >= 0.6 is 15.9 Å². The van der Waals surface area contributed by atoms with Crippen LogP contribution < -0.4 is 11.1 Å². The maximum atomic E-state index is 12.4. The van der Waals surface area contributed by atoms with Gasteiger partial charge in [0.05, 0.1) is 17.5 Å². The van der Waals surface area contributed by atoms with Crippen molar-refractivity contribution >= 4 is 33.2 Å². The minimum absolute atomic E-state index is 0.0394. The number of ether oxygens (including phenoxy) is 1. The fourth-order valence-corrected chi connectivity index (χ4v) is 2.55. The lowest BCUT2D eigenvalue weighted by Crippen LogP contribution is -2.31. The SMILES string of the molecule is Nc1cc(Br)cc(C2CCCO2)c1NC(=O)C(F)(F)F. The number of rotatable bonds is 2. The molecule has 1 heterocycles. The van der Waals surface area contributed by atoms with Crippen LogP contribution in [0, 0.1) is 0 Å². The summed E-state index contributed by atoms with van der Waals surface area (Å²) in [5.41, 5.74) is 6.18. The van der Waals surface area contributed by atoms with E-state index in [0.717, 1.165) is 6.42 Å². The van der Waals surface area contributed by atoms with Crippen LogP contribution in [0.2, 0.25) is 0 Å². The lowest BCUT2D eigenvalue weighted by molar-refractivity contribution is -0.167. The van der Waals surface area contributed by atoms with Crippen molar-refractivity contribution in [3.8, 4) is 0 Å². The number of hydrogen-bond acceptors (Lipinski definition) is 3. The molecule has 8 heteroatoms. The zero-order valence-corrected chi connectivity index (χ0v) is 11.8. The molecule has 0 saturated carbocycles. The van der Waals surface area contributed by atoms with Crippen molar-refractivity contribution in [3.63, 3.8) is 0 Å². The molecule has 1 atom stereocenters. The monoisotopic (exact) mass is 352 g/mol. The number of halogens is 4. The molecule has 0 spiro atoms. The summed E-state index contributed by atoms with van der Waals surface area (Å²) in [7, 11) is 0. The Hall–Kier alpha value is -1.28. The number of nitrogens with one attached hydrogen (secondary N) is 1. The Labute approximate surface area is 121 Å². The predicted octanol–water partition coefficient (Wildman–Crippen LogP) is 3.38. The average molecular weight is 353 g/mol. The lowest BCUT2D eigenvalue weighted by Gasteiger charge is -2.19. The first-order valence-corrected chi connectivity index (χ1v) is 6.67.